The molecule has 5 nitrogen and oxygen atoms in total. The van der Waals surface area contributed by atoms with Crippen LogP contribution in [0, 0.1) is 0 Å². The Kier molecular flexibility index (Phi) is 7.40. The van der Waals surface area contributed by atoms with Crippen molar-refractivity contribution in [3.05, 3.63) is 0 Å². The highest BCUT2D eigenvalue weighted by Gasteiger charge is 2.31. The molecule has 0 heterocycles. The van der Waals surface area contributed by atoms with E-state index in [-0.39, 0.29) is 6.10 Å². The fourth-order valence-electron chi connectivity index (χ4n) is 1.37. The van der Waals surface area contributed by atoms with E-state index in [0.29, 0.717) is 0 Å². The molecule has 0 spiro atoms. The Morgan fingerprint density at radius 1 is 0.889 bits per heavy atom. The van der Waals surface area contributed by atoms with E-state index < -0.39 is 18.5 Å². The molecule has 1 fully saturated rings. The number of aliphatic hydroxyl groups is 2. The second kappa shape index (κ2) is 7.45. The molecular weight excluding hydrogens is 235 g/mol. The Morgan fingerprint density at radius 2 is 1.28 bits per heavy atom. The highest BCUT2D eigenvalue weighted by Crippen LogP contribution is 2.20. The lowest BCUT2D eigenvalue weighted by Crippen LogP contribution is -2.44. The molecule has 0 amide bonds. The molecule has 18 heavy (non-hydrogen) atoms. The number of hydrogen-bond donors (Lipinski definition) is 4. The van der Waals surface area contributed by atoms with Crippen LogP contribution in [0.5, 0.6) is 0 Å². The molecule has 0 aromatic heterocycles. The molecule has 4 N–H and O–H groups in total. The van der Waals surface area contributed by atoms with Crippen molar-refractivity contribution < 1.29 is 24.9 Å². The van der Waals surface area contributed by atoms with Crippen LogP contribution in [0.2, 0.25) is 0 Å². The molecule has 6 heteroatoms. The van der Waals surface area contributed by atoms with Gasteiger partial charge in [0.15, 0.2) is 0 Å². The molecule has 1 saturated carbocycles. The SMILES string of the molecule is CC(C)(O)C(C)(C)O.OB(O)OC1CCCCC1. The van der Waals surface area contributed by atoms with Crippen molar-refractivity contribution in [2.24, 2.45) is 0 Å². The van der Waals surface area contributed by atoms with Gasteiger partial charge < -0.3 is 24.9 Å². The summed E-state index contributed by atoms with van der Waals surface area (Å²) in [5.41, 5.74) is -2.01. The van der Waals surface area contributed by atoms with E-state index in [1.54, 1.807) is 27.7 Å². The first kappa shape index (κ1) is 17.9. The lowest BCUT2D eigenvalue weighted by atomic mass is 9.90. The normalized spacial score (nSPS) is 18.0. The zero-order valence-electron chi connectivity index (χ0n) is 11.9. The third kappa shape index (κ3) is 8.05. The Morgan fingerprint density at radius 3 is 1.56 bits per heavy atom. The van der Waals surface area contributed by atoms with Crippen molar-refractivity contribution in [1.29, 1.82) is 0 Å². The summed E-state index contributed by atoms with van der Waals surface area (Å²) in [4.78, 5) is 0. The Balaban J connectivity index is 0.000000331. The monoisotopic (exact) mass is 262 g/mol. The van der Waals surface area contributed by atoms with Gasteiger partial charge in [-0.25, -0.2) is 0 Å². The smallest absolute Gasteiger partial charge is 0.402 e. The Hall–Kier alpha value is -0.135. The van der Waals surface area contributed by atoms with Gasteiger partial charge in [-0.3, -0.25) is 0 Å². The minimum Gasteiger partial charge on any atom is -0.402 e. The first-order valence-corrected chi connectivity index (χ1v) is 6.50. The molecule has 0 aromatic carbocycles. The molecule has 0 aliphatic heterocycles. The van der Waals surface area contributed by atoms with E-state index in [2.05, 4.69) is 0 Å². The van der Waals surface area contributed by atoms with E-state index in [0.717, 1.165) is 25.7 Å². The summed E-state index contributed by atoms with van der Waals surface area (Å²) in [5, 5.41) is 35.1. The van der Waals surface area contributed by atoms with Crippen molar-refractivity contribution in [1.82, 2.24) is 0 Å². The van der Waals surface area contributed by atoms with Crippen LogP contribution in [0.4, 0.5) is 0 Å². The highest BCUT2D eigenvalue weighted by atomic mass is 16.6. The topological polar surface area (TPSA) is 90.2 Å². The average Bonchev–Trinajstić information content (AvgIpc) is 2.15. The molecule has 0 bridgehead atoms. The van der Waals surface area contributed by atoms with Gasteiger partial charge in [0.05, 0.1) is 11.2 Å². The number of rotatable bonds is 3. The molecule has 0 saturated heterocycles. The molecule has 1 aliphatic rings. The zero-order valence-corrected chi connectivity index (χ0v) is 11.9. The first-order chi connectivity index (χ1) is 8.04. The second-order valence-corrected chi connectivity index (χ2v) is 5.84. The molecule has 0 radical (unpaired) electrons. The van der Waals surface area contributed by atoms with E-state index in [9.17, 15) is 0 Å². The molecule has 108 valence electrons. The lowest BCUT2D eigenvalue weighted by Gasteiger charge is -2.31. The summed E-state index contributed by atoms with van der Waals surface area (Å²) >= 11 is 0. The lowest BCUT2D eigenvalue weighted by molar-refractivity contribution is -0.107. The summed E-state index contributed by atoms with van der Waals surface area (Å²) in [6, 6.07) is 0. The van der Waals surface area contributed by atoms with Gasteiger partial charge in [0.1, 0.15) is 0 Å². The van der Waals surface area contributed by atoms with Crippen LogP contribution in [0.1, 0.15) is 59.8 Å². The predicted octanol–water partition coefficient (Wildman–Crippen LogP) is 0.833. The van der Waals surface area contributed by atoms with Crippen LogP contribution >= 0.6 is 0 Å². The molecule has 0 unspecified atom stereocenters. The van der Waals surface area contributed by atoms with Gasteiger partial charge in [-0.2, -0.15) is 0 Å². The maximum atomic E-state index is 9.10. The van der Waals surface area contributed by atoms with Crippen LogP contribution in [-0.2, 0) is 4.65 Å². The first-order valence-electron chi connectivity index (χ1n) is 6.50. The minimum atomic E-state index is -1.58. The van der Waals surface area contributed by atoms with Crippen LogP contribution in [-0.4, -0.2) is 44.9 Å². The third-order valence-electron chi connectivity index (χ3n) is 3.36. The van der Waals surface area contributed by atoms with Crippen LogP contribution < -0.4 is 0 Å². The van der Waals surface area contributed by atoms with Crippen LogP contribution in [0.15, 0.2) is 0 Å². The molecule has 0 atom stereocenters. The maximum Gasteiger partial charge on any atom is 0.634 e. The van der Waals surface area contributed by atoms with Crippen LogP contribution in [0.25, 0.3) is 0 Å². The summed E-state index contributed by atoms with van der Waals surface area (Å²) < 4.78 is 4.80. The fraction of sp³-hybridized carbons (Fsp3) is 1.00. The van der Waals surface area contributed by atoms with Gasteiger partial charge in [-0.15, -0.1) is 0 Å². The van der Waals surface area contributed by atoms with Gasteiger partial charge in [-0.05, 0) is 40.5 Å². The van der Waals surface area contributed by atoms with Crippen molar-refractivity contribution in [3.8, 4) is 0 Å². The third-order valence-corrected chi connectivity index (χ3v) is 3.36. The molecule has 1 aliphatic carbocycles. The van der Waals surface area contributed by atoms with Crippen molar-refractivity contribution in [3.63, 3.8) is 0 Å². The van der Waals surface area contributed by atoms with E-state index >= 15 is 0 Å². The summed E-state index contributed by atoms with van der Waals surface area (Å²) in [6.07, 6.45) is 5.57. The Labute approximate surface area is 110 Å². The van der Waals surface area contributed by atoms with E-state index in [4.69, 9.17) is 24.9 Å². The molecular formula is C12H27BO5. The summed E-state index contributed by atoms with van der Waals surface area (Å²) in [6.45, 7) is 6.31. The predicted molar refractivity (Wildman–Crippen MR) is 70.7 cm³/mol. The van der Waals surface area contributed by atoms with Gasteiger partial charge in [0, 0.05) is 6.10 Å². The summed E-state index contributed by atoms with van der Waals surface area (Å²) in [7, 11) is -1.58. The summed E-state index contributed by atoms with van der Waals surface area (Å²) in [5.74, 6) is 0. The molecule has 0 aromatic rings. The van der Waals surface area contributed by atoms with Crippen molar-refractivity contribution in [2.45, 2.75) is 77.1 Å². The van der Waals surface area contributed by atoms with E-state index in [1.807, 2.05) is 0 Å². The van der Waals surface area contributed by atoms with Crippen molar-refractivity contribution in [2.75, 3.05) is 0 Å². The van der Waals surface area contributed by atoms with Gasteiger partial charge >= 0.3 is 7.32 Å². The maximum absolute atomic E-state index is 9.10. The van der Waals surface area contributed by atoms with Gasteiger partial charge in [0.25, 0.3) is 0 Å². The van der Waals surface area contributed by atoms with Gasteiger partial charge in [0.2, 0.25) is 0 Å². The minimum absolute atomic E-state index is 0.0775. The second-order valence-electron chi connectivity index (χ2n) is 5.84. The van der Waals surface area contributed by atoms with E-state index in [1.165, 1.54) is 6.42 Å². The standard InChI is InChI=1S/C6H13BO3.C6H14O2/c8-7(9)10-6-4-2-1-3-5-6;1-5(2,7)6(3,4)8/h6,8-9H,1-5H2;7-8H,1-4H3. The highest BCUT2D eigenvalue weighted by molar-refractivity contribution is 6.32. The quantitative estimate of drug-likeness (QED) is 0.566. The largest absolute Gasteiger partial charge is 0.634 e. The Bertz CT molecular complexity index is 201. The zero-order chi connectivity index (χ0) is 14.4. The van der Waals surface area contributed by atoms with Crippen molar-refractivity contribution >= 4 is 7.32 Å². The van der Waals surface area contributed by atoms with Crippen LogP contribution in [0.3, 0.4) is 0 Å². The average molecular weight is 262 g/mol. The number of hydrogen-bond acceptors (Lipinski definition) is 5. The fourth-order valence-corrected chi connectivity index (χ4v) is 1.37. The molecule has 1 rings (SSSR count). The van der Waals surface area contributed by atoms with Gasteiger partial charge in [-0.1, -0.05) is 19.3 Å².